The van der Waals surface area contributed by atoms with Crippen LogP contribution < -0.4 is 0 Å². The zero-order valence-electron chi connectivity index (χ0n) is 9.14. The summed E-state index contributed by atoms with van der Waals surface area (Å²) in [6.45, 7) is 2.83. The van der Waals surface area contributed by atoms with Crippen LogP contribution in [0.5, 0.6) is 0 Å². The highest BCUT2D eigenvalue weighted by molar-refractivity contribution is 5.67. The van der Waals surface area contributed by atoms with Gasteiger partial charge in [-0.2, -0.15) is 0 Å². The fraction of sp³-hybridized carbons (Fsp3) is 0.455. The number of amides is 1. The number of likely N-dealkylation sites (N-methyl/N-ethyl adjacent to an activating group) is 1. The fourth-order valence-corrected chi connectivity index (χ4v) is 1.15. The second kappa shape index (κ2) is 6.01. The molecule has 1 rings (SSSR count). The average molecular weight is 208 g/mol. The number of carbonyl (C=O) groups excluding carboxylic acids is 1. The Hall–Kier alpha value is -1.58. The lowest BCUT2D eigenvalue weighted by atomic mass is 10.2. The van der Waals surface area contributed by atoms with Gasteiger partial charge in [0.25, 0.3) is 0 Å². The minimum absolute atomic E-state index is 0.284. The third kappa shape index (κ3) is 3.97. The van der Waals surface area contributed by atoms with E-state index in [4.69, 9.17) is 4.74 Å². The van der Waals surface area contributed by atoms with Gasteiger partial charge in [-0.15, -0.1) is 0 Å². The van der Waals surface area contributed by atoms with E-state index in [2.05, 4.69) is 4.98 Å². The second-order valence-electron chi connectivity index (χ2n) is 3.19. The molecule has 0 saturated heterocycles. The molecule has 0 bridgehead atoms. The molecule has 0 unspecified atom stereocenters. The highest BCUT2D eigenvalue weighted by Gasteiger charge is 2.08. The normalized spacial score (nSPS) is 9.73. The van der Waals surface area contributed by atoms with Crippen molar-refractivity contribution in [2.45, 2.75) is 13.3 Å². The summed E-state index contributed by atoms with van der Waals surface area (Å²) in [6.07, 6.45) is 2.21. The van der Waals surface area contributed by atoms with Crippen LogP contribution in [0, 0.1) is 0 Å². The van der Waals surface area contributed by atoms with Crippen LogP contribution in [0.2, 0.25) is 0 Å². The highest BCUT2D eigenvalue weighted by atomic mass is 16.5. The van der Waals surface area contributed by atoms with Gasteiger partial charge >= 0.3 is 6.09 Å². The lowest BCUT2D eigenvalue weighted by Gasteiger charge is -2.15. The Morgan fingerprint density at radius 3 is 2.93 bits per heavy atom. The Morgan fingerprint density at radius 1 is 1.53 bits per heavy atom. The first-order chi connectivity index (χ1) is 7.24. The molecule has 0 radical (unpaired) electrons. The molecule has 15 heavy (non-hydrogen) atoms. The van der Waals surface area contributed by atoms with E-state index in [1.807, 2.05) is 18.2 Å². The maximum absolute atomic E-state index is 11.2. The van der Waals surface area contributed by atoms with Crippen LogP contribution in [0.25, 0.3) is 0 Å². The summed E-state index contributed by atoms with van der Waals surface area (Å²) in [6, 6.07) is 5.75. The molecule has 0 aliphatic heterocycles. The molecule has 1 aromatic rings. The molecule has 4 heteroatoms. The number of nitrogens with zero attached hydrogens (tertiary/aromatic N) is 2. The number of hydrogen-bond donors (Lipinski definition) is 0. The molecular weight excluding hydrogens is 192 g/mol. The quantitative estimate of drug-likeness (QED) is 0.756. The van der Waals surface area contributed by atoms with Gasteiger partial charge in [0.1, 0.15) is 0 Å². The molecule has 0 aliphatic carbocycles. The van der Waals surface area contributed by atoms with E-state index in [9.17, 15) is 4.79 Å². The van der Waals surface area contributed by atoms with Crippen molar-refractivity contribution in [1.82, 2.24) is 9.88 Å². The van der Waals surface area contributed by atoms with E-state index in [0.717, 1.165) is 12.1 Å². The number of aromatic nitrogens is 1. The van der Waals surface area contributed by atoms with E-state index >= 15 is 0 Å². The molecule has 4 nitrogen and oxygen atoms in total. The van der Waals surface area contributed by atoms with Crippen molar-refractivity contribution in [1.29, 1.82) is 0 Å². The van der Waals surface area contributed by atoms with Crippen molar-refractivity contribution >= 4 is 6.09 Å². The molecule has 1 aromatic heterocycles. The third-order valence-electron chi connectivity index (χ3n) is 2.01. The molecule has 1 heterocycles. The standard InChI is InChI=1S/C11H16N2O2/c1-3-15-11(14)13(2)9-7-10-6-4-5-8-12-10/h4-6,8H,3,7,9H2,1-2H3. The van der Waals surface area contributed by atoms with Crippen LogP contribution >= 0.6 is 0 Å². The number of carbonyl (C=O) groups is 1. The second-order valence-corrected chi connectivity index (χ2v) is 3.19. The van der Waals surface area contributed by atoms with Crippen LogP contribution in [-0.4, -0.2) is 36.2 Å². The predicted octanol–water partition coefficient (Wildman–Crippen LogP) is 1.71. The van der Waals surface area contributed by atoms with E-state index in [-0.39, 0.29) is 6.09 Å². The first-order valence-corrected chi connectivity index (χ1v) is 5.02. The average Bonchev–Trinajstić information content (AvgIpc) is 2.27. The van der Waals surface area contributed by atoms with Crippen LogP contribution in [0.15, 0.2) is 24.4 Å². The molecule has 82 valence electrons. The smallest absolute Gasteiger partial charge is 0.409 e. The summed E-state index contributed by atoms with van der Waals surface area (Å²) >= 11 is 0. The van der Waals surface area contributed by atoms with Gasteiger partial charge in [-0.3, -0.25) is 4.98 Å². The molecule has 0 spiro atoms. The van der Waals surface area contributed by atoms with Crippen molar-refractivity contribution in [2.24, 2.45) is 0 Å². The van der Waals surface area contributed by atoms with Gasteiger partial charge in [0.2, 0.25) is 0 Å². The van der Waals surface area contributed by atoms with E-state index in [1.54, 1.807) is 25.1 Å². The fourth-order valence-electron chi connectivity index (χ4n) is 1.15. The van der Waals surface area contributed by atoms with Crippen molar-refractivity contribution in [2.75, 3.05) is 20.2 Å². The lowest BCUT2D eigenvalue weighted by molar-refractivity contribution is 0.116. The van der Waals surface area contributed by atoms with Gasteiger partial charge in [0.15, 0.2) is 0 Å². The molecular formula is C11H16N2O2. The zero-order valence-corrected chi connectivity index (χ0v) is 9.14. The highest BCUT2D eigenvalue weighted by Crippen LogP contribution is 1.97. The largest absolute Gasteiger partial charge is 0.450 e. The summed E-state index contributed by atoms with van der Waals surface area (Å²) in [7, 11) is 1.72. The summed E-state index contributed by atoms with van der Waals surface area (Å²) in [4.78, 5) is 17.0. The number of ether oxygens (including phenoxy) is 1. The lowest BCUT2D eigenvalue weighted by Crippen LogP contribution is -2.29. The molecule has 0 aromatic carbocycles. The molecule has 0 saturated carbocycles. The van der Waals surface area contributed by atoms with Gasteiger partial charge in [-0.1, -0.05) is 6.07 Å². The van der Waals surface area contributed by atoms with Gasteiger partial charge in [0.05, 0.1) is 6.61 Å². The van der Waals surface area contributed by atoms with Gasteiger partial charge in [-0.25, -0.2) is 4.79 Å². The Kier molecular flexibility index (Phi) is 4.60. The van der Waals surface area contributed by atoms with E-state index in [0.29, 0.717) is 13.2 Å². The van der Waals surface area contributed by atoms with E-state index in [1.165, 1.54) is 0 Å². The Balaban J connectivity index is 2.34. The van der Waals surface area contributed by atoms with Gasteiger partial charge < -0.3 is 9.64 Å². The number of hydrogen-bond acceptors (Lipinski definition) is 3. The molecule has 0 fully saturated rings. The summed E-state index contributed by atoms with van der Waals surface area (Å²) in [5, 5.41) is 0. The topological polar surface area (TPSA) is 42.4 Å². The first-order valence-electron chi connectivity index (χ1n) is 5.02. The van der Waals surface area contributed by atoms with Gasteiger partial charge in [0, 0.05) is 31.9 Å². The molecule has 0 N–H and O–H groups in total. The Bertz CT molecular complexity index is 301. The van der Waals surface area contributed by atoms with Crippen molar-refractivity contribution in [3.05, 3.63) is 30.1 Å². The third-order valence-corrected chi connectivity index (χ3v) is 2.01. The van der Waals surface area contributed by atoms with Crippen molar-refractivity contribution in [3.8, 4) is 0 Å². The number of pyridine rings is 1. The van der Waals surface area contributed by atoms with Crippen LogP contribution in [0.1, 0.15) is 12.6 Å². The van der Waals surface area contributed by atoms with Crippen LogP contribution in [0.4, 0.5) is 4.79 Å². The van der Waals surface area contributed by atoms with Crippen LogP contribution in [0.3, 0.4) is 0 Å². The molecule has 0 atom stereocenters. The summed E-state index contributed by atoms with van der Waals surface area (Å²) in [5.41, 5.74) is 0.980. The SMILES string of the molecule is CCOC(=O)N(C)CCc1ccccn1. The number of rotatable bonds is 4. The minimum atomic E-state index is -0.284. The Labute approximate surface area is 89.9 Å². The summed E-state index contributed by atoms with van der Waals surface area (Å²) < 4.78 is 4.86. The summed E-state index contributed by atoms with van der Waals surface area (Å²) in [5.74, 6) is 0. The molecule has 0 aliphatic rings. The van der Waals surface area contributed by atoms with Gasteiger partial charge in [-0.05, 0) is 19.1 Å². The maximum Gasteiger partial charge on any atom is 0.409 e. The van der Waals surface area contributed by atoms with Crippen molar-refractivity contribution in [3.63, 3.8) is 0 Å². The zero-order chi connectivity index (χ0) is 11.1. The van der Waals surface area contributed by atoms with Crippen LogP contribution in [-0.2, 0) is 11.2 Å². The Morgan fingerprint density at radius 2 is 2.33 bits per heavy atom. The molecule has 1 amide bonds. The first kappa shape index (κ1) is 11.5. The van der Waals surface area contributed by atoms with Crippen molar-refractivity contribution < 1.29 is 9.53 Å². The predicted molar refractivity (Wildman–Crippen MR) is 57.6 cm³/mol. The monoisotopic (exact) mass is 208 g/mol. The van der Waals surface area contributed by atoms with E-state index < -0.39 is 0 Å². The minimum Gasteiger partial charge on any atom is -0.450 e. The maximum atomic E-state index is 11.2.